The predicted molar refractivity (Wildman–Crippen MR) is 113 cm³/mol. The maximum Gasteiger partial charge on any atom is 0.255 e. The highest BCUT2D eigenvalue weighted by atomic mass is 35.5. The first-order chi connectivity index (χ1) is 12.8. The van der Waals surface area contributed by atoms with Gasteiger partial charge in [-0.1, -0.05) is 42.1 Å². The fourth-order valence-electron chi connectivity index (χ4n) is 3.08. The summed E-state index contributed by atoms with van der Waals surface area (Å²) in [6, 6.07) is 18.0. The number of nitrogens with two attached hydrogens (primary N) is 1. The summed E-state index contributed by atoms with van der Waals surface area (Å²) in [4.78, 5) is 17.1. The van der Waals surface area contributed by atoms with Crippen LogP contribution in [-0.2, 0) is 4.74 Å². The molecule has 0 unspecified atom stereocenters. The van der Waals surface area contributed by atoms with E-state index in [9.17, 15) is 4.79 Å². The van der Waals surface area contributed by atoms with E-state index in [-0.39, 0.29) is 24.4 Å². The molecule has 1 aliphatic rings. The van der Waals surface area contributed by atoms with Gasteiger partial charge in [0.05, 0.1) is 11.7 Å². The van der Waals surface area contributed by atoms with E-state index >= 15 is 0 Å². The number of hydrogen-bond acceptors (Lipinski definition) is 4. The molecule has 0 aromatic heterocycles. The van der Waals surface area contributed by atoms with Crippen LogP contribution in [0.4, 0.5) is 0 Å². The van der Waals surface area contributed by atoms with Crippen LogP contribution in [-0.4, -0.2) is 43.2 Å². The average Bonchev–Trinajstić information content (AvgIpc) is 2.69. The van der Waals surface area contributed by atoms with Crippen LogP contribution in [0.15, 0.2) is 64.4 Å². The summed E-state index contributed by atoms with van der Waals surface area (Å²) in [6.45, 7) is 2.87. The number of rotatable bonds is 7. The fourth-order valence-corrected chi connectivity index (χ4v) is 4.04. The second-order valence-electron chi connectivity index (χ2n) is 6.42. The van der Waals surface area contributed by atoms with Crippen molar-refractivity contribution in [1.82, 2.24) is 4.90 Å². The zero-order valence-electron chi connectivity index (χ0n) is 15.4. The first-order valence-electron chi connectivity index (χ1n) is 9.21. The molecule has 3 rings (SSSR count). The Kier molecular flexibility index (Phi) is 9.15. The summed E-state index contributed by atoms with van der Waals surface area (Å²) in [5, 5.41) is 0. The molecule has 0 radical (unpaired) electrons. The first-order valence-corrected chi connectivity index (χ1v) is 10.0. The third-order valence-electron chi connectivity index (χ3n) is 4.52. The maximum absolute atomic E-state index is 13.0. The van der Waals surface area contributed by atoms with Gasteiger partial charge in [-0.05, 0) is 50.1 Å². The number of amides is 1. The zero-order chi connectivity index (χ0) is 18.2. The SMILES string of the molecule is Cl.NCCCOC1CCN(C(=O)c2ccccc2Sc2ccccc2)CC1. The van der Waals surface area contributed by atoms with Crippen LogP contribution in [0.25, 0.3) is 0 Å². The molecule has 2 N–H and O–H groups in total. The summed E-state index contributed by atoms with van der Waals surface area (Å²) in [7, 11) is 0. The van der Waals surface area contributed by atoms with E-state index < -0.39 is 0 Å². The summed E-state index contributed by atoms with van der Waals surface area (Å²) < 4.78 is 5.84. The van der Waals surface area contributed by atoms with E-state index in [0.717, 1.165) is 47.7 Å². The lowest BCUT2D eigenvalue weighted by Gasteiger charge is -2.32. The first kappa shape index (κ1) is 21.8. The zero-order valence-corrected chi connectivity index (χ0v) is 17.0. The van der Waals surface area contributed by atoms with E-state index in [2.05, 4.69) is 12.1 Å². The number of halogens is 1. The van der Waals surface area contributed by atoms with Gasteiger partial charge in [-0.2, -0.15) is 0 Å². The van der Waals surface area contributed by atoms with Crippen LogP contribution in [0.1, 0.15) is 29.6 Å². The van der Waals surface area contributed by atoms with Crippen molar-refractivity contribution >= 4 is 30.1 Å². The highest BCUT2D eigenvalue weighted by Crippen LogP contribution is 2.31. The van der Waals surface area contributed by atoms with E-state index in [1.165, 1.54) is 0 Å². The van der Waals surface area contributed by atoms with Gasteiger partial charge >= 0.3 is 0 Å². The van der Waals surface area contributed by atoms with Crippen molar-refractivity contribution < 1.29 is 9.53 Å². The summed E-state index contributed by atoms with van der Waals surface area (Å²) in [5.41, 5.74) is 6.29. The Morgan fingerprint density at radius 1 is 1.07 bits per heavy atom. The Morgan fingerprint density at radius 2 is 1.74 bits per heavy atom. The maximum atomic E-state index is 13.0. The van der Waals surface area contributed by atoms with Gasteiger partial charge in [0.2, 0.25) is 0 Å². The minimum Gasteiger partial charge on any atom is -0.378 e. The van der Waals surface area contributed by atoms with Gasteiger partial charge in [0.25, 0.3) is 5.91 Å². The monoisotopic (exact) mass is 406 g/mol. The molecule has 1 aliphatic heterocycles. The van der Waals surface area contributed by atoms with E-state index in [4.69, 9.17) is 10.5 Å². The van der Waals surface area contributed by atoms with Crippen LogP contribution in [0.5, 0.6) is 0 Å². The molecule has 0 bridgehead atoms. The molecule has 6 heteroatoms. The molecule has 0 aliphatic carbocycles. The van der Waals surface area contributed by atoms with Crippen LogP contribution in [0, 0.1) is 0 Å². The van der Waals surface area contributed by atoms with Crippen LogP contribution < -0.4 is 5.73 Å². The van der Waals surface area contributed by atoms with Crippen LogP contribution >= 0.6 is 24.2 Å². The van der Waals surface area contributed by atoms with Gasteiger partial charge in [-0.15, -0.1) is 12.4 Å². The van der Waals surface area contributed by atoms with Gasteiger partial charge in [-0.3, -0.25) is 4.79 Å². The lowest BCUT2D eigenvalue weighted by molar-refractivity contribution is 0.00835. The molecule has 1 heterocycles. The van der Waals surface area contributed by atoms with Gasteiger partial charge in [-0.25, -0.2) is 0 Å². The molecule has 0 saturated carbocycles. The smallest absolute Gasteiger partial charge is 0.255 e. The van der Waals surface area contributed by atoms with Gasteiger partial charge in [0.15, 0.2) is 0 Å². The number of benzene rings is 2. The van der Waals surface area contributed by atoms with Crippen LogP contribution in [0.3, 0.4) is 0 Å². The van der Waals surface area contributed by atoms with Crippen molar-refractivity contribution in [2.45, 2.75) is 35.2 Å². The highest BCUT2D eigenvalue weighted by molar-refractivity contribution is 7.99. The van der Waals surface area contributed by atoms with Gasteiger partial charge in [0, 0.05) is 29.5 Å². The summed E-state index contributed by atoms with van der Waals surface area (Å²) >= 11 is 1.64. The van der Waals surface area contributed by atoms with Gasteiger partial charge < -0.3 is 15.4 Å². The Balaban J connectivity index is 0.00000261. The molecule has 0 atom stereocenters. The molecule has 4 nitrogen and oxygen atoms in total. The minimum atomic E-state index is 0. The predicted octanol–water partition coefficient (Wildman–Crippen LogP) is 4.23. The van der Waals surface area contributed by atoms with Crippen molar-refractivity contribution in [3.63, 3.8) is 0 Å². The average molecular weight is 407 g/mol. The lowest BCUT2D eigenvalue weighted by atomic mass is 10.1. The minimum absolute atomic E-state index is 0. The van der Waals surface area contributed by atoms with Crippen molar-refractivity contribution in [2.75, 3.05) is 26.2 Å². The Morgan fingerprint density at radius 3 is 2.44 bits per heavy atom. The van der Waals surface area contributed by atoms with E-state index in [1.807, 2.05) is 47.4 Å². The van der Waals surface area contributed by atoms with Crippen molar-refractivity contribution in [3.05, 3.63) is 60.2 Å². The molecule has 1 amide bonds. The number of carbonyl (C=O) groups is 1. The molecule has 2 aromatic rings. The quantitative estimate of drug-likeness (QED) is 0.699. The molecule has 27 heavy (non-hydrogen) atoms. The molecule has 1 fully saturated rings. The molecule has 0 spiro atoms. The second-order valence-corrected chi connectivity index (χ2v) is 7.53. The molecule has 1 saturated heterocycles. The van der Waals surface area contributed by atoms with E-state index in [1.54, 1.807) is 11.8 Å². The lowest BCUT2D eigenvalue weighted by Crippen LogP contribution is -2.41. The normalized spacial score (nSPS) is 14.6. The van der Waals surface area contributed by atoms with E-state index in [0.29, 0.717) is 13.2 Å². The molecular weight excluding hydrogens is 380 g/mol. The Bertz CT molecular complexity index is 706. The Hall–Kier alpha value is -1.53. The van der Waals surface area contributed by atoms with Crippen molar-refractivity contribution in [1.29, 1.82) is 0 Å². The molecular formula is C21H27ClN2O2S. The summed E-state index contributed by atoms with van der Waals surface area (Å²) in [6.07, 6.45) is 2.93. The molecule has 146 valence electrons. The third-order valence-corrected chi connectivity index (χ3v) is 5.60. The highest BCUT2D eigenvalue weighted by Gasteiger charge is 2.25. The number of hydrogen-bond donors (Lipinski definition) is 1. The molecule has 2 aromatic carbocycles. The number of ether oxygens (including phenoxy) is 1. The summed E-state index contributed by atoms with van der Waals surface area (Å²) in [5.74, 6) is 0.115. The van der Waals surface area contributed by atoms with Crippen molar-refractivity contribution in [3.8, 4) is 0 Å². The number of likely N-dealkylation sites (tertiary alicyclic amines) is 1. The van der Waals surface area contributed by atoms with Gasteiger partial charge in [0.1, 0.15) is 0 Å². The second kappa shape index (κ2) is 11.3. The standard InChI is InChI=1S/C21H26N2O2S.ClH/c22-13-6-16-25-17-11-14-23(15-12-17)21(24)19-9-4-5-10-20(19)26-18-7-2-1-3-8-18;/h1-5,7-10,17H,6,11-16,22H2;1H. The number of piperidine rings is 1. The van der Waals surface area contributed by atoms with Crippen LogP contribution in [0.2, 0.25) is 0 Å². The fraction of sp³-hybridized carbons (Fsp3) is 0.381. The largest absolute Gasteiger partial charge is 0.378 e. The van der Waals surface area contributed by atoms with Crippen molar-refractivity contribution in [2.24, 2.45) is 5.73 Å². The topological polar surface area (TPSA) is 55.6 Å². The number of carbonyl (C=O) groups excluding carboxylic acids is 1. The third kappa shape index (κ3) is 6.25. The number of nitrogens with zero attached hydrogens (tertiary/aromatic N) is 1. The Labute approximate surface area is 171 Å².